The first-order valence-corrected chi connectivity index (χ1v) is 8.06. The number of nitriles is 4. The number of hydrogen-bond acceptors (Lipinski definition) is 4. The maximum absolute atomic E-state index is 15.8. The zero-order chi connectivity index (χ0) is 23.7. The lowest BCUT2D eigenvalue weighted by Crippen LogP contribution is -2.04. The third-order valence-corrected chi connectivity index (χ3v) is 4.68. The van der Waals surface area contributed by atoms with Crippen molar-refractivity contribution in [2.24, 2.45) is 0 Å². The molecule has 142 valence electrons. The Kier molecular flexibility index (Phi) is 4.79. The first kappa shape index (κ1) is 20.7. The molecular formula is C22F2N8. The van der Waals surface area contributed by atoms with Crippen LogP contribution in [0.2, 0.25) is 0 Å². The second-order valence-corrected chi connectivity index (χ2v) is 5.92. The molecule has 0 saturated carbocycles. The molecule has 8 nitrogen and oxygen atoms in total. The van der Waals surface area contributed by atoms with Gasteiger partial charge in [-0.15, -0.1) is 0 Å². The van der Waals surface area contributed by atoms with Crippen molar-refractivity contribution in [2.45, 2.75) is 0 Å². The van der Waals surface area contributed by atoms with Gasteiger partial charge in [0, 0.05) is 22.3 Å². The highest BCUT2D eigenvalue weighted by atomic mass is 19.1. The zero-order valence-corrected chi connectivity index (χ0v) is 15.3. The second-order valence-electron chi connectivity index (χ2n) is 5.92. The molecule has 2 aliphatic rings. The van der Waals surface area contributed by atoms with E-state index in [-0.39, 0.29) is 0 Å². The number of benzene rings is 1. The molecule has 0 heterocycles. The van der Waals surface area contributed by atoms with Crippen LogP contribution in [0.1, 0.15) is 22.3 Å². The normalized spacial score (nSPS) is 16.1. The van der Waals surface area contributed by atoms with Gasteiger partial charge in [0.25, 0.3) is 11.4 Å². The molecule has 0 unspecified atom stereocenters. The summed E-state index contributed by atoms with van der Waals surface area (Å²) in [6.45, 7) is 29.0. The fraction of sp³-hybridized carbons (Fsp3) is 0. The summed E-state index contributed by atoms with van der Waals surface area (Å²) in [7, 11) is 0. The Hall–Kier alpha value is -6.04. The molecule has 1 aromatic carbocycles. The third-order valence-electron chi connectivity index (χ3n) is 4.68. The average Bonchev–Trinajstić information content (AvgIpc) is 3.32. The van der Waals surface area contributed by atoms with Gasteiger partial charge in [0.15, 0.2) is 5.70 Å². The third kappa shape index (κ3) is 2.31. The van der Waals surface area contributed by atoms with Crippen molar-refractivity contribution in [1.82, 2.24) is 0 Å². The van der Waals surface area contributed by atoms with Crippen LogP contribution in [-0.2, 0) is 0 Å². The topological polar surface area (TPSA) is 113 Å². The molecule has 1 aromatic rings. The molecule has 0 saturated heterocycles. The zero-order valence-electron chi connectivity index (χ0n) is 15.3. The van der Waals surface area contributed by atoms with E-state index in [9.17, 15) is 21.0 Å². The maximum atomic E-state index is 15.8. The van der Waals surface area contributed by atoms with Crippen molar-refractivity contribution in [3.8, 4) is 24.3 Å². The number of allylic oxidation sites excluding steroid dienone is 6. The van der Waals surface area contributed by atoms with E-state index in [0.29, 0.717) is 0 Å². The first-order valence-electron chi connectivity index (χ1n) is 8.06. The number of fused-ring (bicyclic) bond motifs is 2. The largest absolute Gasteiger partial charge is 0.271 e. The van der Waals surface area contributed by atoms with Crippen molar-refractivity contribution in [3.63, 3.8) is 0 Å². The van der Waals surface area contributed by atoms with Crippen LogP contribution >= 0.6 is 0 Å². The fourth-order valence-electron chi connectivity index (χ4n) is 3.53. The summed E-state index contributed by atoms with van der Waals surface area (Å²) in [4.78, 5) is 12.0. The molecule has 10 heteroatoms. The Morgan fingerprint density at radius 2 is 1.09 bits per heavy atom. The smallest absolute Gasteiger partial charge is 0.251 e. The van der Waals surface area contributed by atoms with Crippen LogP contribution in [0.25, 0.3) is 41.8 Å². The summed E-state index contributed by atoms with van der Waals surface area (Å²) in [6, 6.07) is 6.10. The van der Waals surface area contributed by atoms with E-state index in [1.807, 2.05) is 0 Å². The molecule has 0 N–H and O–H groups in total. The van der Waals surface area contributed by atoms with E-state index >= 15 is 8.78 Å². The quantitative estimate of drug-likeness (QED) is 0.456. The van der Waals surface area contributed by atoms with Crippen molar-refractivity contribution < 1.29 is 8.78 Å². The van der Waals surface area contributed by atoms with Gasteiger partial charge >= 0.3 is 0 Å². The van der Waals surface area contributed by atoms with Gasteiger partial charge < -0.3 is 0 Å². The van der Waals surface area contributed by atoms with E-state index in [1.165, 1.54) is 12.1 Å². The van der Waals surface area contributed by atoms with Crippen LogP contribution in [0.5, 0.6) is 0 Å². The summed E-state index contributed by atoms with van der Waals surface area (Å²) in [5, 5.41) is 37.6. The molecule has 0 bridgehead atoms. The van der Waals surface area contributed by atoms with Crippen LogP contribution in [-0.4, -0.2) is 0 Å². The molecule has 0 atom stereocenters. The van der Waals surface area contributed by atoms with Crippen molar-refractivity contribution in [1.29, 1.82) is 21.0 Å². The molecule has 0 aromatic heterocycles. The predicted molar refractivity (Wildman–Crippen MR) is 103 cm³/mol. The Labute approximate surface area is 179 Å². The molecule has 0 fully saturated rings. The number of rotatable bonds is 0. The van der Waals surface area contributed by atoms with Gasteiger partial charge in [-0.3, -0.25) is 4.85 Å². The van der Waals surface area contributed by atoms with Crippen LogP contribution < -0.4 is 0 Å². The van der Waals surface area contributed by atoms with E-state index in [1.54, 1.807) is 12.1 Å². The van der Waals surface area contributed by atoms with Crippen molar-refractivity contribution in [2.75, 3.05) is 0 Å². The minimum absolute atomic E-state index is 0.600. The molecule has 3 rings (SSSR count). The second kappa shape index (κ2) is 7.41. The molecule has 2 aliphatic carbocycles. The Bertz CT molecular complexity index is 1500. The molecule has 0 aliphatic heterocycles. The minimum Gasteiger partial charge on any atom is -0.251 e. The lowest BCUT2D eigenvalue weighted by molar-refractivity contribution is 0.590. The first-order chi connectivity index (χ1) is 15.4. The van der Waals surface area contributed by atoms with Crippen LogP contribution in [0, 0.1) is 83.2 Å². The van der Waals surface area contributed by atoms with Crippen molar-refractivity contribution in [3.05, 3.63) is 102 Å². The Morgan fingerprint density at radius 1 is 0.625 bits per heavy atom. The predicted octanol–water partition coefficient (Wildman–Crippen LogP) is 4.61. The lowest BCUT2D eigenvalue weighted by atomic mass is 9.92. The summed E-state index contributed by atoms with van der Waals surface area (Å²) in [5.41, 5.74) is -8.29. The minimum atomic E-state index is -1.36. The molecule has 0 spiro atoms. The van der Waals surface area contributed by atoms with Crippen molar-refractivity contribution >= 4 is 22.4 Å². The maximum Gasteiger partial charge on any atom is 0.271 e. The molecule has 32 heavy (non-hydrogen) atoms. The number of nitrogens with zero attached hydrogens (tertiary/aromatic N) is 8. The van der Waals surface area contributed by atoms with Crippen LogP contribution in [0.3, 0.4) is 0 Å². The average molecular weight is 414 g/mol. The van der Waals surface area contributed by atoms with E-state index in [2.05, 4.69) is 19.4 Å². The van der Waals surface area contributed by atoms with E-state index in [4.69, 9.17) is 26.3 Å². The highest BCUT2D eigenvalue weighted by Crippen LogP contribution is 2.54. The molecule has 0 amide bonds. The molecular weight excluding hydrogens is 414 g/mol. The molecule has 0 radical (unpaired) electrons. The van der Waals surface area contributed by atoms with Gasteiger partial charge in [-0.2, -0.15) is 10.5 Å². The van der Waals surface area contributed by atoms with Gasteiger partial charge in [-0.1, -0.05) is 0 Å². The van der Waals surface area contributed by atoms with E-state index < -0.39 is 79.0 Å². The SMILES string of the molecule is [C-]#[N+]C1=C([N+]#[C-])c2c(F)c3c(c(F)c2/C1=C(\C#N)[N+]#[C-])C(C#N)=C(C#N)/C3=C(\C#N)[N+]#[C-]. The summed E-state index contributed by atoms with van der Waals surface area (Å²) in [6.07, 6.45) is 0. The van der Waals surface area contributed by atoms with Gasteiger partial charge in [-0.05, 0) is 11.1 Å². The summed E-state index contributed by atoms with van der Waals surface area (Å²) >= 11 is 0. The Morgan fingerprint density at radius 3 is 1.53 bits per heavy atom. The van der Waals surface area contributed by atoms with Gasteiger partial charge in [0.05, 0.1) is 55.6 Å². The standard InChI is InChI=1S/C22F2N8/c1-29-11(7-27)13-9(5-25)10(6-26)14-16(13)20(24)18-17(19(14)23)15(12(8-28)30-2)21(31-3)22(18)32-4/b13-11-,15-12-. The Balaban J connectivity index is 2.76. The number of halogens is 2. The summed E-state index contributed by atoms with van der Waals surface area (Å²) < 4.78 is 31.7. The van der Waals surface area contributed by atoms with Gasteiger partial charge in [0.2, 0.25) is 5.70 Å². The number of hydrogen-bond donors (Lipinski definition) is 0. The lowest BCUT2D eigenvalue weighted by Gasteiger charge is -2.14. The highest BCUT2D eigenvalue weighted by molar-refractivity contribution is 6.13. The van der Waals surface area contributed by atoms with Gasteiger partial charge in [-0.25, -0.2) is 33.8 Å². The fourth-order valence-corrected chi connectivity index (χ4v) is 3.53. The van der Waals surface area contributed by atoms with E-state index in [0.717, 1.165) is 0 Å². The van der Waals surface area contributed by atoms with Gasteiger partial charge in [0.1, 0.15) is 17.7 Å². The van der Waals surface area contributed by atoms with Crippen LogP contribution in [0.15, 0.2) is 22.7 Å². The van der Waals surface area contributed by atoms with Crippen LogP contribution in [0.4, 0.5) is 8.78 Å². The summed E-state index contributed by atoms with van der Waals surface area (Å²) in [5.74, 6) is -2.71. The monoisotopic (exact) mass is 414 g/mol. The highest BCUT2D eigenvalue weighted by Gasteiger charge is 2.43.